The van der Waals surface area contributed by atoms with Crippen molar-refractivity contribution in [2.75, 3.05) is 24.3 Å². The van der Waals surface area contributed by atoms with E-state index in [2.05, 4.69) is 29.6 Å². The van der Waals surface area contributed by atoms with Crippen LogP contribution in [-0.2, 0) is 16.0 Å². The molecule has 1 aliphatic rings. The van der Waals surface area contributed by atoms with E-state index in [-0.39, 0.29) is 18.3 Å². The van der Waals surface area contributed by atoms with Crippen LogP contribution in [-0.4, -0.2) is 52.4 Å². The van der Waals surface area contributed by atoms with E-state index in [1.165, 1.54) is 24.1 Å². The van der Waals surface area contributed by atoms with Crippen molar-refractivity contribution < 1.29 is 18.7 Å². The van der Waals surface area contributed by atoms with Gasteiger partial charge in [0.1, 0.15) is 11.9 Å². The van der Waals surface area contributed by atoms with Gasteiger partial charge >= 0.3 is 6.03 Å². The fourth-order valence-corrected chi connectivity index (χ4v) is 4.59. The van der Waals surface area contributed by atoms with Crippen molar-refractivity contribution in [1.29, 1.82) is 0 Å². The van der Waals surface area contributed by atoms with Gasteiger partial charge in [0.15, 0.2) is 0 Å². The number of aromatic nitrogens is 2. The van der Waals surface area contributed by atoms with E-state index in [1.807, 2.05) is 13.0 Å². The summed E-state index contributed by atoms with van der Waals surface area (Å²) in [7, 11) is 1.53. The predicted molar refractivity (Wildman–Crippen MR) is 142 cm³/mol. The van der Waals surface area contributed by atoms with Crippen LogP contribution in [0.2, 0.25) is 5.02 Å². The highest BCUT2D eigenvalue weighted by Crippen LogP contribution is 2.26. The number of methoxy groups -OCH3 is 1. The predicted octanol–water partition coefficient (Wildman–Crippen LogP) is 5.43. The minimum absolute atomic E-state index is 0.0296. The molecule has 196 valence electrons. The van der Waals surface area contributed by atoms with Gasteiger partial charge in [-0.15, -0.1) is 0 Å². The highest BCUT2D eigenvalue weighted by molar-refractivity contribution is 6.30. The third kappa shape index (κ3) is 6.29. The quantitative estimate of drug-likeness (QED) is 0.429. The van der Waals surface area contributed by atoms with Crippen molar-refractivity contribution in [3.63, 3.8) is 0 Å². The zero-order valence-electron chi connectivity index (χ0n) is 21.3. The second-order valence-electron chi connectivity index (χ2n) is 9.64. The number of amides is 3. The molecule has 1 fully saturated rings. The molecule has 0 unspecified atom stereocenters. The minimum atomic E-state index is -0.831. The molecule has 1 saturated heterocycles. The van der Waals surface area contributed by atoms with Gasteiger partial charge in [0.2, 0.25) is 5.91 Å². The smallest absolute Gasteiger partial charge is 0.322 e. The van der Waals surface area contributed by atoms with Gasteiger partial charge < -0.3 is 20.3 Å². The zero-order chi connectivity index (χ0) is 26.7. The maximum absolute atomic E-state index is 15.1. The molecule has 37 heavy (non-hydrogen) atoms. The van der Waals surface area contributed by atoms with Crippen LogP contribution in [0, 0.1) is 18.7 Å². The lowest BCUT2D eigenvalue weighted by molar-refractivity contribution is -0.119. The number of hydrogen-bond donors (Lipinski definition) is 2. The van der Waals surface area contributed by atoms with E-state index in [1.54, 1.807) is 35.0 Å². The fraction of sp³-hybridized carbons (Fsp3) is 0.370. The summed E-state index contributed by atoms with van der Waals surface area (Å²) in [6, 6.07) is 11.9. The van der Waals surface area contributed by atoms with Crippen molar-refractivity contribution >= 4 is 34.9 Å². The largest absolute Gasteiger partial charge is 0.380 e. The van der Waals surface area contributed by atoms with Crippen LogP contribution < -0.4 is 10.6 Å². The first-order valence-electron chi connectivity index (χ1n) is 12.2. The van der Waals surface area contributed by atoms with Crippen LogP contribution in [0.25, 0.3) is 5.69 Å². The molecular formula is C27H31ClFN5O3. The highest BCUT2D eigenvalue weighted by atomic mass is 35.5. The Morgan fingerprint density at radius 1 is 1.16 bits per heavy atom. The molecule has 1 aromatic heterocycles. The first-order chi connectivity index (χ1) is 17.6. The molecule has 0 saturated carbocycles. The lowest BCUT2D eigenvalue weighted by Crippen LogP contribution is -2.45. The molecule has 0 spiro atoms. The molecule has 8 nitrogen and oxygen atoms in total. The van der Waals surface area contributed by atoms with E-state index < -0.39 is 23.8 Å². The number of likely N-dealkylation sites (tertiary alicyclic amines) is 1. The van der Waals surface area contributed by atoms with E-state index in [0.29, 0.717) is 28.7 Å². The summed E-state index contributed by atoms with van der Waals surface area (Å²) in [6.07, 6.45) is 0.777. The number of nitrogens with one attached hydrogen (secondary N) is 2. The molecule has 10 heteroatoms. The van der Waals surface area contributed by atoms with E-state index in [0.717, 1.165) is 17.8 Å². The molecule has 1 aliphatic heterocycles. The van der Waals surface area contributed by atoms with Gasteiger partial charge in [0.05, 0.1) is 23.2 Å². The molecule has 3 amide bonds. The number of carbonyl (C=O) groups is 2. The number of carbonyl (C=O) groups excluding carboxylic acids is 2. The summed E-state index contributed by atoms with van der Waals surface area (Å²) in [6.45, 7) is 6.35. The van der Waals surface area contributed by atoms with Gasteiger partial charge in [-0.3, -0.25) is 4.79 Å². The summed E-state index contributed by atoms with van der Waals surface area (Å²) in [5.74, 6) is -0.665. The Bertz CT molecular complexity index is 1280. The standard InChI is InChI=1S/C27H31ClFN5O3/c1-16(2)11-21-12-17(3)32-34(21)20-9-10-24(23(29)13-20)31-26(35)25-14-22(37-4)15-33(25)27(36)30-19-7-5-18(28)6-8-19/h5-10,12-13,16,22,25H,11,14-15H2,1-4H3,(H,30,36)(H,31,35)/t22-,25-/m1/s1. The summed E-state index contributed by atoms with van der Waals surface area (Å²) in [5, 5.41) is 10.5. The highest BCUT2D eigenvalue weighted by Gasteiger charge is 2.40. The average molecular weight is 528 g/mol. The van der Waals surface area contributed by atoms with E-state index >= 15 is 4.39 Å². The molecule has 2 aromatic carbocycles. The van der Waals surface area contributed by atoms with Crippen LogP contribution in [0.15, 0.2) is 48.5 Å². The summed E-state index contributed by atoms with van der Waals surface area (Å²) >= 11 is 5.91. The number of anilines is 2. The van der Waals surface area contributed by atoms with Crippen LogP contribution in [0.5, 0.6) is 0 Å². The number of rotatable bonds is 7. The maximum atomic E-state index is 15.1. The summed E-state index contributed by atoms with van der Waals surface area (Å²) in [4.78, 5) is 27.6. The van der Waals surface area contributed by atoms with Crippen LogP contribution >= 0.6 is 11.6 Å². The molecular weight excluding hydrogens is 497 g/mol. The van der Waals surface area contributed by atoms with Crippen molar-refractivity contribution in [1.82, 2.24) is 14.7 Å². The van der Waals surface area contributed by atoms with Crippen molar-refractivity contribution in [3.8, 4) is 5.69 Å². The Kier molecular flexibility index (Phi) is 8.14. The van der Waals surface area contributed by atoms with E-state index in [4.69, 9.17) is 16.3 Å². The number of ether oxygens (including phenoxy) is 1. The molecule has 3 aromatic rings. The first kappa shape index (κ1) is 26.6. The maximum Gasteiger partial charge on any atom is 0.322 e. The van der Waals surface area contributed by atoms with Crippen molar-refractivity contribution in [3.05, 3.63) is 70.8 Å². The number of benzene rings is 2. The lowest BCUT2D eigenvalue weighted by Gasteiger charge is -2.24. The Morgan fingerprint density at radius 2 is 1.89 bits per heavy atom. The van der Waals surface area contributed by atoms with Crippen LogP contribution in [0.1, 0.15) is 31.7 Å². The Hall–Kier alpha value is -3.43. The zero-order valence-corrected chi connectivity index (χ0v) is 22.1. The molecule has 0 aliphatic carbocycles. The fourth-order valence-electron chi connectivity index (χ4n) is 4.46. The van der Waals surface area contributed by atoms with Gasteiger partial charge in [-0.2, -0.15) is 5.10 Å². The van der Waals surface area contributed by atoms with Crippen molar-refractivity contribution in [2.24, 2.45) is 5.92 Å². The number of hydrogen-bond acceptors (Lipinski definition) is 4. The summed E-state index contributed by atoms with van der Waals surface area (Å²) < 4.78 is 22.3. The van der Waals surface area contributed by atoms with Gasteiger partial charge in [-0.1, -0.05) is 25.4 Å². The first-order valence-corrected chi connectivity index (χ1v) is 12.5. The molecule has 4 rings (SSSR count). The number of urea groups is 1. The van der Waals surface area contributed by atoms with Crippen LogP contribution in [0.3, 0.4) is 0 Å². The molecule has 0 radical (unpaired) electrons. The van der Waals surface area contributed by atoms with Crippen LogP contribution in [0.4, 0.5) is 20.6 Å². The number of nitrogens with zero attached hydrogens (tertiary/aromatic N) is 3. The molecule has 2 atom stereocenters. The third-order valence-corrected chi connectivity index (χ3v) is 6.48. The monoisotopic (exact) mass is 527 g/mol. The number of aryl methyl sites for hydroxylation is 1. The average Bonchev–Trinajstić information content (AvgIpc) is 3.45. The molecule has 2 heterocycles. The normalized spacial score (nSPS) is 17.3. The third-order valence-electron chi connectivity index (χ3n) is 6.23. The minimum Gasteiger partial charge on any atom is -0.380 e. The Morgan fingerprint density at radius 3 is 2.54 bits per heavy atom. The van der Waals surface area contributed by atoms with Crippen molar-refractivity contribution in [2.45, 2.75) is 45.8 Å². The molecule has 2 N–H and O–H groups in total. The Labute approximate surface area is 220 Å². The van der Waals surface area contributed by atoms with Gasteiger partial charge in [0, 0.05) is 42.5 Å². The topological polar surface area (TPSA) is 88.5 Å². The second-order valence-corrected chi connectivity index (χ2v) is 10.1. The summed E-state index contributed by atoms with van der Waals surface area (Å²) in [5.41, 5.74) is 2.98. The van der Waals surface area contributed by atoms with Gasteiger partial charge in [0.25, 0.3) is 0 Å². The van der Waals surface area contributed by atoms with Gasteiger partial charge in [-0.25, -0.2) is 13.9 Å². The number of halogens is 2. The van der Waals surface area contributed by atoms with E-state index in [9.17, 15) is 9.59 Å². The molecule has 0 bridgehead atoms. The lowest BCUT2D eigenvalue weighted by atomic mass is 10.1. The Balaban J connectivity index is 1.50. The SMILES string of the molecule is CO[C@@H]1C[C@H](C(=O)Nc2ccc(-n3nc(C)cc3CC(C)C)cc2F)N(C(=O)Nc2ccc(Cl)cc2)C1. The van der Waals surface area contributed by atoms with Gasteiger partial charge in [-0.05, 0) is 61.7 Å². The second kappa shape index (κ2) is 11.3.